The molecule has 5 heteroatoms. The first kappa shape index (κ1) is 14.5. The molecule has 0 saturated heterocycles. The highest BCUT2D eigenvalue weighted by molar-refractivity contribution is 9.10. The van der Waals surface area contributed by atoms with Crippen molar-refractivity contribution in [2.45, 2.75) is 6.61 Å². The van der Waals surface area contributed by atoms with Gasteiger partial charge in [-0.05, 0) is 27.6 Å². The number of hydrogen-bond donors (Lipinski definition) is 0. The summed E-state index contributed by atoms with van der Waals surface area (Å²) in [6, 6.07) is 11.8. The highest BCUT2D eigenvalue weighted by Crippen LogP contribution is 2.27. The number of halogens is 2. The van der Waals surface area contributed by atoms with Gasteiger partial charge >= 0.3 is 5.97 Å². The largest absolute Gasteiger partial charge is 0.496 e. The molecule has 0 aliphatic carbocycles. The van der Waals surface area contributed by atoms with Crippen LogP contribution in [0.15, 0.2) is 46.9 Å². The third kappa shape index (κ3) is 3.36. The van der Waals surface area contributed by atoms with Crippen molar-refractivity contribution < 1.29 is 18.7 Å². The molecule has 20 heavy (non-hydrogen) atoms. The van der Waals surface area contributed by atoms with Gasteiger partial charge in [-0.25, -0.2) is 9.18 Å². The molecule has 0 heterocycles. The number of benzene rings is 2. The van der Waals surface area contributed by atoms with Gasteiger partial charge in [0.25, 0.3) is 0 Å². The number of carbonyl (C=O) groups is 1. The average molecular weight is 339 g/mol. The van der Waals surface area contributed by atoms with Crippen molar-refractivity contribution in [3.63, 3.8) is 0 Å². The van der Waals surface area contributed by atoms with E-state index < -0.39 is 11.8 Å². The van der Waals surface area contributed by atoms with Gasteiger partial charge in [0.05, 0.1) is 11.6 Å². The molecule has 0 aliphatic rings. The molecule has 0 aromatic heterocycles. The fraction of sp³-hybridized carbons (Fsp3) is 0.133. The van der Waals surface area contributed by atoms with Gasteiger partial charge in [-0.2, -0.15) is 0 Å². The summed E-state index contributed by atoms with van der Waals surface area (Å²) >= 11 is 3.04. The van der Waals surface area contributed by atoms with E-state index in [1.165, 1.54) is 13.2 Å². The van der Waals surface area contributed by atoms with E-state index in [1.807, 2.05) is 30.3 Å². The third-order valence-electron chi connectivity index (χ3n) is 2.68. The Bertz CT molecular complexity index is 614. The summed E-state index contributed by atoms with van der Waals surface area (Å²) in [7, 11) is 1.37. The Balaban J connectivity index is 2.15. The molecule has 0 unspecified atom stereocenters. The lowest BCUT2D eigenvalue weighted by Gasteiger charge is -2.10. The monoisotopic (exact) mass is 338 g/mol. The Labute approximate surface area is 124 Å². The minimum Gasteiger partial charge on any atom is -0.496 e. The van der Waals surface area contributed by atoms with Crippen LogP contribution in [0.4, 0.5) is 4.39 Å². The first-order valence-electron chi connectivity index (χ1n) is 5.86. The molecule has 3 nitrogen and oxygen atoms in total. The second kappa shape index (κ2) is 6.52. The number of rotatable bonds is 4. The predicted molar refractivity (Wildman–Crippen MR) is 76.2 cm³/mol. The second-order valence-corrected chi connectivity index (χ2v) is 4.88. The topological polar surface area (TPSA) is 35.5 Å². The molecule has 0 aliphatic heterocycles. The Morgan fingerprint density at radius 3 is 2.60 bits per heavy atom. The van der Waals surface area contributed by atoms with Crippen LogP contribution in [0.5, 0.6) is 5.75 Å². The molecule has 0 radical (unpaired) electrons. The molecule has 2 aromatic carbocycles. The number of hydrogen-bond acceptors (Lipinski definition) is 3. The highest BCUT2D eigenvalue weighted by atomic mass is 79.9. The first-order chi connectivity index (χ1) is 9.61. The SMILES string of the molecule is COc1cc(F)c(Br)cc1C(=O)OCc1ccccc1. The summed E-state index contributed by atoms with van der Waals surface area (Å²) in [5, 5.41) is 0. The van der Waals surface area contributed by atoms with Gasteiger partial charge < -0.3 is 9.47 Å². The molecular weight excluding hydrogens is 327 g/mol. The van der Waals surface area contributed by atoms with Crippen molar-refractivity contribution in [3.8, 4) is 5.75 Å². The van der Waals surface area contributed by atoms with Gasteiger partial charge in [-0.1, -0.05) is 30.3 Å². The van der Waals surface area contributed by atoms with E-state index in [0.717, 1.165) is 11.6 Å². The molecule has 0 bridgehead atoms. The lowest BCUT2D eigenvalue weighted by molar-refractivity contribution is 0.0469. The van der Waals surface area contributed by atoms with E-state index in [9.17, 15) is 9.18 Å². The smallest absolute Gasteiger partial charge is 0.342 e. The zero-order valence-electron chi connectivity index (χ0n) is 10.7. The summed E-state index contributed by atoms with van der Waals surface area (Å²) in [5.74, 6) is -0.920. The van der Waals surface area contributed by atoms with Crippen LogP contribution >= 0.6 is 15.9 Å². The van der Waals surface area contributed by atoms with Gasteiger partial charge in [0, 0.05) is 6.07 Å². The number of carbonyl (C=O) groups excluding carboxylic acids is 1. The molecule has 104 valence electrons. The molecular formula is C15H12BrFO3. The summed E-state index contributed by atoms with van der Waals surface area (Å²) < 4.78 is 23.7. The predicted octanol–water partition coefficient (Wildman–Crippen LogP) is 3.95. The number of methoxy groups -OCH3 is 1. The summed E-state index contributed by atoms with van der Waals surface area (Å²) in [4.78, 5) is 12.0. The Hall–Kier alpha value is -1.88. The van der Waals surface area contributed by atoms with Crippen LogP contribution in [0.2, 0.25) is 0 Å². The van der Waals surface area contributed by atoms with Gasteiger partial charge in [-0.3, -0.25) is 0 Å². The Kier molecular flexibility index (Phi) is 4.74. The van der Waals surface area contributed by atoms with Gasteiger partial charge in [0.15, 0.2) is 0 Å². The minimum atomic E-state index is -0.564. The first-order valence-corrected chi connectivity index (χ1v) is 6.65. The van der Waals surface area contributed by atoms with Crippen molar-refractivity contribution in [2.24, 2.45) is 0 Å². The van der Waals surface area contributed by atoms with Gasteiger partial charge in [-0.15, -0.1) is 0 Å². The van der Waals surface area contributed by atoms with Gasteiger partial charge in [0.2, 0.25) is 0 Å². The summed E-state index contributed by atoms with van der Waals surface area (Å²) in [5.41, 5.74) is 1.05. The summed E-state index contributed by atoms with van der Waals surface area (Å²) in [6.45, 7) is 0.151. The third-order valence-corrected chi connectivity index (χ3v) is 3.28. The van der Waals surface area contributed by atoms with E-state index in [0.29, 0.717) is 0 Å². The van der Waals surface area contributed by atoms with Crippen LogP contribution < -0.4 is 4.74 Å². The Morgan fingerprint density at radius 1 is 1.25 bits per heavy atom. The molecule has 0 amide bonds. The molecule has 0 N–H and O–H groups in total. The lowest BCUT2D eigenvalue weighted by atomic mass is 10.2. The number of esters is 1. The second-order valence-electron chi connectivity index (χ2n) is 4.03. The standard InChI is InChI=1S/C15H12BrFO3/c1-19-14-8-13(17)12(16)7-11(14)15(18)20-9-10-5-3-2-4-6-10/h2-8H,9H2,1H3. The van der Waals surface area contributed by atoms with E-state index in [1.54, 1.807) is 0 Å². The normalized spacial score (nSPS) is 10.2. The van der Waals surface area contributed by atoms with E-state index in [-0.39, 0.29) is 22.4 Å². The molecule has 0 fully saturated rings. The van der Waals surface area contributed by atoms with Crippen LogP contribution in [-0.4, -0.2) is 13.1 Å². The quantitative estimate of drug-likeness (QED) is 0.791. The summed E-state index contributed by atoms with van der Waals surface area (Å²) in [6.07, 6.45) is 0. The Morgan fingerprint density at radius 2 is 1.95 bits per heavy atom. The minimum absolute atomic E-state index is 0.142. The molecule has 2 aromatic rings. The molecule has 2 rings (SSSR count). The maximum absolute atomic E-state index is 13.4. The number of ether oxygens (including phenoxy) is 2. The van der Waals surface area contributed by atoms with Crippen molar-refractivity contribution in [3.05, 3.63) is 63.9 Å². The maximum Gasteiger partial charge on any atom is 0.342 e. The highest BCUT2D eigenvalue weighted by Gasteiger charge is 2.17. The van der Waals surface area contributed by atoms with Crippen molar-refractivity contribution in [2.75, 3.05) is 7.11 Å². The lowest BCUT2D eigenvalue weighted by Crippen LogP contribution is -2.08. The average Bonchev–Trinajstić information content (AvgIpc) is 2.48. The van der Waals surface area contributed by atoms with Crippen LogP contribution in [-0.2, 0) is 11.3 Å². The van der Waals surface area contributed by atoms with E-state index in [4.69, 9.17) is 9.47 Å². The fourth-order valence-corrected chi connectivity index (χ4v) is 2.00. The zero-order chi connectivity index (χ0) is 14.5. The van der Waals surface area contributed by atoms with Crippen molar-refractivity contribution in [1.29, 1.82) is 0 Å². The van der Waals surface area contributed by atoms with Gasteiger partial charge in [0.1, 0.15) is 23.7 Å². The van der Waals surface area contributed by atoms with Crippen LogP contribution in [0.25, 0.3) is 0 Å². The van der Waals surface area contributed by atoms with Crippen LogP contribution in [0.3, 0.4) is 0 Å². The van der Waals surface area contributed by atoms with Crippen LogP contribution in [0.1, 0.15) is 15.9 Å². The zero-order valence-corrected chi connectivity index (χ0v) is 12.3. The molecule has 0 saturated carbocycles. The van der Waals surface area contributed by atoms with Crippen molar-refractivity contribution in [1.82, 2.24) is 0 Å². The van der Waals surface area contributed by atoms with Crippen LogP contribution in [0, 0.1) is 5.82 Å². The van der Waals surface area contributed by atoms with E-state index >= 15 is 0 Å². The van der Waals surface area contributed by atoms with E-state index in [2.05, 4.69) is 15.9 Å². The maximum atomic E-state index is 13.4. The molecule has 0 spiro atoms. The fourth-order valence-electron chi connectivity index (χ4n) is 1.66. The molecule has 0 atom stereocenters. The van der Waals surface area contributed by atoms with Crippen molar-refractivity contribution >= 4 is 21.9 Å².